The summed E-state index contributed by atoms with van der Waals surface area (Å²) in [4.78, 5) is 15.4. The van der Waals surface area contributed by atoms with Crippen LogP contribution in [-0.4, -0.2) is 21.1 Å². The van der Waals surface area contributed by atoms with Gasteiger partial charge in [-0.1, -0.05) is 6.07 Å². The second kappa shape index (κ2) is 4.37. The van der Waals surface area contributed by atoms with Gasteiger partial charge in [0.05, 0.1) is 17.3 Å². The van der Waals surface area contributed by atoms with E-state index in [1.807, 2.05) is 29.1 Å². The van der Waals surface area contributed by atoms with Gasteiger partial charge < -0.3 is 0 Å². The fourth-order valence-electron chi connectivity index (χ4n) is 2.20. The summed E-state index contributed by atoms with van der Waals surface area (Å²) in [5.74, 6) is 0.709. The lowest BCUT2D eigenvalue weighted by Crippen LogP contribution is -2.07. The van der Waals surface area contributed by atoms with Crippen LogP contribution < -0.4 is 0 Å². The quantitative estimate of drug-likeness (QED) is 0.773. The van der Waals surface area contributed by atoms with Gasteiger partial charge in [-0.2, -0.15) is 5.10 Å². The number of aldehydes is 1. The summed E-state index contributed by atoms with van der Waals surface area (Å²) in [5, 5.41) is 4.54. The average Bonchev–Trinajstić information content (AvgIpc) is 3.17. The van der Waals surface area contributed by atoms with Crippen molar-refractivity contribution in [2.24, 2.45) is 5.92 Å². The third kappa shape index (κ3) is 1.94. The van der Waals surface area contributed by atoms with Crippen molar-refractivity contribution in [3.05, 3.63) is 36.2 Å². The zero-order valence-corrected chi connectivity index (χ0v) is 10.3. The van der Waals surface area contributed by atoms with Crippen molar-refractivity contribution in [3.8, 4) is 11.4 Å². The summed E-state index contributed by atoms with van der Waals surface area (Å²) in [7, 11) is 0. The van der Waals surface area contributed by atoms with E-state index in [1.165, 1.54) is 12.8 Å². The van der Waals surface area contributed by atoms with Crippen molar-refractivity contribution >= 4 is 6.29 Å². The van der Waals surface area contributed by atoms with Crippen LogP contribution in [0.2, 0.25) is 0 Å². The fourth-order valence-corrected chi connectivity index (χ4v) is 2.20. The Bertz CT molecular complexity index is 558. The first-order valence-electron chi connectivity index (χ1n) is 6.25. The summed E-state index contributed by atoms with van der Waals surface area (Å²) in [6.45, 7) is 2.15. The molecule has 0 saturated heterocycles. The van der Waals surface area contributed by atoms with E-state index < -0.39 is 0 Å². The lowest BCUT2D eigenvalue weighted by Gasteiger charge is -2.09. The highest BCUT2D eigenvalue weighted by atomic mass is 16.1. The molecule has 0 N–H and O–H groups in total. The summed E-state index contributed by atoms with van der Waals surface area (Å²) in [5.41, 5.74) is 2.04. The third-order valence-corrected chi connectivity index (χ3v) is 3.52. The Kier molecular flexibility index (Phi) is 2.70. The molecule has 1 fully saturated rings. The fraction of sp³-hybridized carbons (Fsp3) is 0.357. The Labute approximate surface area is 106 Å². The van der Waals surface area contributed by atoms with E-state index in [9.17, 15) is 4.79 Å². The largest absolute Gasteiger partial charge is 0.298 e. The van der Waals surface area contributed by atoms with Gasteiger partial charge in [-0.15, -0.1) is 0 Å². The minimum atomic E-state index is 0.362. The van der Waals surface area contributed by atoms with Crippen LogP contribution in [0, 0.1) is 5.92 Å². The molecule has 1 saturated carbocycles. The molecule has 1 aliphatic rings. The number of carbonyl (C=O) groups excluding carboxylic acids is 1. The highest BCUT2D eigenvalue weighted by molar-refractivity contribution is 5.84. The molecule has 4 heteroatoms. The molecule has 2 aromatic rings. The van der Waals surface area contributed by atoms with Crippen molar-refractivity contribution in [2.75, 3.05) is 0 Å². The molecule has 3 rings (SSSR count). The van der Waals surface area contributed by atoms with E-state index in [-0.39, 0.29) is 0 Å². The van der Waals surface area contributed by atoms with Gasteiger partial charge in [0.2, 0.25) is 0 Å². The van der Waals surface area contributed by atoms with Crippen molar-refractivity contribution in [1.29, 1.82) is 0 Å². The minimum Gasteiger partial charge on any atom is -0.298 e. The lowest BCUT2D eigenvalue weighted by molar-refractivity contribution is 0.112. The molecule has 0 spiro atoms. The highest BCUT2D eigenvalue weighted by Crippen LogP contribution is 2.39. The Morgan fingerprint density at radius 1 is 1.44 bits per heavy atom. The topological polar surface area (TPSA) is 47.8 Å². The maximum atomic E-state index is 11.1. The van der Waals surface area contributed by atoms with Crippen LogP contribution in [0.25, 0.3) is 11.4 Å². The van der Waals surface area contributed by atoms with Crippen molar-refractivity contribution in [2.45, 2.75) is 25.8 Å². The number of hydrogen-bond donors (Lipinski definition) is 0. The van der Waals surface area contributed by atoms with Crippen molar-refractivity contribution in [3.63, 3.8) is 0 Å². The van der Waals surface area contributed by atoms with Crippen LogP contribution in [0.4, 0.5) is 0 Å². The van der Waals surface area contributed by atoms with Gasteiger partial charge in [-0.3, -0.25) is 14.5 Å². The zero-order valence-electron chi connectivity index (χ0n) is 10.3. The van der Waals surface area contributed by atoms with Crippen LogP contribution in [0.5, 0.6) is 0 Å². The number of aromatic nitrogens is 3. The normalized spacial score (nSPS) is 16.5. The molecule has 4 nitrogen and oxygen atoms in total. The Morgan fingerprint density at radius 2 is 2.28 bits per heavy atom. The minimum absolute atomic E-state index is 0.362. The first-order valence-corrected chi connectivity index (χ1v) is 6.25. The van der Waals surface area contributed by atoms with Gasteiger partial charge in [-0.05, 0) is 37.8 Å². The van der Waals surface area contributed by atoms with E-state index >= 15 is 0 Å². The smallest absolute Gasteiger partial charge is 0.153 e. The Balaban J connectivity index is 2.01. The first kappa shape index (κ1) is 11.1. The zero-order chi connectivity index (χ0) is 12.5. The molecule has 1 atom stereocenters. The number of nitrogens with zero attached hydrogens (tertiary/aromatic N) is 3. The van der Waals surface area contributed by atoms with Crippen LogP contribution in [0.3, 0.4) is 0 Å². The van der Waals surface area contributed by atoms with Gasteiger partial charge in [-0.25, -0.2) is 0 Å². The maximum Gasteiger partial charge on any atom is 0.153 e. The average molecular weight is 241 g/mol. The van der Waals surface area contributed by atoms with Gasteiger partial charge in [0.1, 0.15) is 5.69 Å². The maximum absolute atomic E-state index is 11.1. The van der Waals surface area contributed by atoms with Crippen molar-refractivity contribution < 1.29 is 4.79 Å². The van der Waals surface area contributed by atoms with Gasteiger partial charge in [0.15, 0.2) is 6.29 Å². The van der Waals surface area contributed by atoms with E-state index in [0.717, 1.165) is 12.0 Å². The molecule has 1 unspecified atom stereocenters. The monoisotopic (exact) mass is 241 g/mol. The second-order valence-electron chi connectivity index (χ2n) is 4.82. The van der Waals surface area contributed by atoms with Crippen LogP contribution in [-0.2, 0) is 0 Å². The van der Waals surface area contributed by atoms with Gasteiger partial charge >= 0.3 is 0 Å². The highest BCUT2D eigenvalue weighted by Gasteiger charge is 2.30. The molecule has 0 bridgehead atoms. The summed E-state index contributed by atoms with van der Waals surface area (Å²) in [6, 6.07) is 6.00. The third-order valence-electron chi connectivity index (χ3n) is 3.52. The number of pyridine rings is 1. The predicted molar refractivity (Wildman–Crippen MR) is 68.3 cm³/mol. The van der Waals surface area contributed by atoms with E-state index in [4.69, 9.17) is 0 Å². The number of hydrogen-bond acceptors (Lipinski definition) is 3. The summed E-state index contributed by atoms with van der Waals surface area (Å²) in [6.07, 6.45) is 6.92. The van der Waals surface area contributed by atoms with E-state index in [0.29, 0.717) is 23.2 Å². The molecule has 92 valence electrons. The number of carbonyl (C=O) groups is 1. The SMILES string of the molecule is CC(C1CC1)n1cc(C=O)c(-c2ccccn2)n1. The van der Waals surface area contributed by atoms with Crippen LogP contribution in [0.1, 0.15) is 36.2 Å². The van der Waals surface area contributed by atoms with Gasteiger partial charge in [0.25, 0.3) is 0 Å². The Hall–Kier alpha value is -1.97. The van der Waals surface area contributed by atoms with Crippen molar-refractivity contribution in [1.82, 2.24) is 14.8 Å². The standard InChI is InChI=1S/C14H15N3O/c1-10(11-5-6-11)17-8-12(9-18)14(16-17)13-4-2-3-7-15-13/h2-4,7-11H,5-6H2,1H3. The second-order valence-corrected chi connectivity index (χ2v) is 4.82. The molecule has 0 amide bonds. The molecular formula is C14H15N3O. The van der Waals surface area contributed by atoms with Crippen LogP contribution >= 0.6 is 0 Å². The molecule has 2 aromatic heterocycles. The van der Waals surface area contributed by atoms with E-state index in [2.05, 4.69) is 17.0 Å². The molecule has 0 aromatic carbocycles. The molecule has 1 aliphatic carbocycles. The Morgan fingerprint density at radius 3 is 2.89 bits per heavy atom. The molecule has 18 heavy (non-hydrogen) atoms. The number of rotatable bonds is 4. The molecule has 0 radical (unpaired) electrons. The van der Waals surface area contributed by atoms with Crippen LogP contribution in [0.15, 0.2) is 30.6 Å². The molecular weight excluding hydrogens is 226 g/mol. The summed E-state index contributed by atoms with van der Waals surface area (Å²) >= 11 is 0. The first-order chi connectivity index (χ1) is 8.79. The molecule has 0 aliphatic heterocycles. The summed E-state index contributed by atoms with van der Waals surface area (Å²) < 4.78 is 1.91. The molecule has 2 heterocycles. The van der Waals surface area contributed by atoms with Gasteiger partial charge in [0, 0.05) is 12.4 Å². The lowest BCUT2D eigenvalue weighted by atomic mass is 10.2. The predicted octanol–water partition coefficient (Wildman–Crippen LogP) is 2.73. The van der Waals surface area contributed by atoms with E-state index in [1.54, 1.807) is 6.20 Å².